The van der Waals surface area contributed by atoms with E-state index in [1.54, 1.807) is 28.8 Å². The lowest BCUT2D eigenvalue weighted by Crippen LogP contribution is -2.02. The van der Waals surface area contributed by atoms with Gasteiger partial charge in [-0.1, -0.05) is 17.7 Å². The minimum absolute atomic E-state index is 0.116. The summed E-state index contributed by atoms with van der Waals surface area (Å²) in [5, 5.41) is 9.30. The molecule has 0 aliphatic rings. The molecule has 0 fully saturated rings. The number of alkyl halides is 1. The third-order valence-electron chi connectivity index (χ3n) is 3.14. The second kappa shape index (κ2) is 5.36. The fourth-order valence-electron chi connectivity index (χ4n) is 2.23. The highest BCUT2D eigenvalue weighted by Crippen LogP contribution is 2.28. The highest BCUT2D eigenvalue weighted by molar-refractivity contribution is 6.35. The number of nitrogens with zero attached hydrogens (tertiary/aromatic N) is 3. The van der Waals surface area contributed by atoms with Gasteiger partial charge in [-0.25, -0.2) is 9.37 Å². The van der Waals surface area contributed by atoms with Crippen LogP contribution in [0.25, 0.3) is 16.7 Å². The Bertz CT molecular complexity index is 880. The molecule has 0 amide bonds. The van der Waals surface area contributed by atoms with E-state index in [4.69, 9.17) is 28.5 Å². The number of nitriles is 1. The van der Waals surface area contributed by atoms with Crippen LogP contribution in [0.2, 0.25) is 5.02 Å². The Morgan fingerprint density at radius 3 is 2.76 bits per heavy atom. The predicted molar refractivity (Wildman–Crippen MR) is 80.3 cm³/mol. The largest absolute Gasteiger partial charge is 0.292 e. The third kappa shape index (κ3) is 2.25. The first kappa shape index (κ1) is 13.9. The van der Waals surface area contributed by atoms with Crippen LogP contribution in [0.4, 0.5) is 4.39 Å². The van der Waals surface area contributed by atoms with Gasteiger partial charge in [0.2, 0.25) is 0 Å². The second-order valence-electron chi connectivity index (χ2n) is 4.38. The first-order valence-corrected chi connectivity index (χ1v) is 6.98. The molecule has 0 saturated heterocycles. The van der Waals surface area contributed by atoms with Gasteiger partial charge in [-0.2, -0.15) is 5.26 Å². The molecule has 3 rings (SSSR count). The van der Waals surface area contributed by atoms with Crippen molar-refractivity contribution in [3.63, 3.8) is 0 Å². The molecule has 0 saturated carbocycles. The van der Waals surface area contributed by atoms with Crippen molar-refractivity contribution < 1.29 is 4.39 Å². The fourth-order valence-corrected chi connectivity index (χ4v) is 2.62. The lowest BCUT2D eigenvalue weighted by Gasteiger charge is -2.09. The van der Waals surface area contributed by atoms with Crippen molar-refractivity contribution in [1.29, 1.82) is 5.26 Å². The van der Waals surface area contributed by atoms with Crippen molar-refractivity contribution in [3.8, 4) is 11.8 Å². The lowest BCUT2D eigenvalue weighted by molar-refractivity contribution is 0.617. The normalized spacial score (nSPS) is 10.8. The summed E-state index contributed by atoms with van der Waals surface area (Å²) in [6.07, 6.45) is 0. The number of aromatic nitrogens is 2. The zero-order chi connectivity index (χ0) is 15.0. The summed E-state index contributed by atoms with van der Waals surface area (Å²) in [4.78, 5) is 4.36. The molecule has 104 valence electrons. The molecular weight excluding hydrogens is 312 g/mol. The Kier molecular flexibility index (Phi) is 3.54. The molecule has 2 aromatic carbocycles. The van der Waals surface area contributed by atoms with Crippen molar-refractivity contribution in [1.82, 2.24) is 9.55 Å². The van der Waals surface area contributed by atoms with E-state index in [-0.39, 0.29) is 17.1 Å². The first-order chi connectivity index (χ1) is 10.2. The van der Waals surface area contributed by atoms with Crippen molar-refractivity contribution in [2.45, 2.75) is 5.88 Å². The maximum atomic E-state index is 14.3. The van der Waals surface area contributed by atoms with Crippen molar-refractivity contribution >= 4 is 34.2 Å². The smallest absolute Gasteiger partial charge is 0.148 e. The van der Waals surface area contributed by atoms with Gasteiger partial charge in [0.05, 0.1) is 33.7 Å². The zero-order valence-electron chi connectivity index (χ0n) is 10.6. The molecule has 0 radical (unpaired) electrons. The Morgan fingerprint density at radius 2 is 2.10 bits per heavy atom. The maximum absolute atomic E-state index is 14.3. The molecule has 1 heterocycles. The quantitative estimate of drug-likeness (QED) is 0.656. The van der Waals surface area contributed by atoms with E-state index in [2.05, 4.69) is 4.98 Å². The van der Waals surface area contributed by atoms with E-state index >= 15 is 0 Å². The molecular formula is C15H8Cl2FN3. The molecule has 0 N–H and O–H groups in total. The standard InChI is InChI=1S/C15H8Cl2FN3/c16-7-14-20-15-10(17)2-1-3-13(15)21(14)12-5-4-9(8-19)6-11(12)18/h1-6H,7H2. The van der Waals surface area contributed by atoms with Gasteiger partial charge in [0.25, 0.3) is 0 Å². The van der Waals surface area contributed by atoms with Gasteiger partial charge in [-0.3, -0.25) is 4.57 Å². The number of fused-ring (bicyclic) bond motifs is 1. The van der Waals surface area contributed by atoms with Crippen LogP contribution in [0.5, 0.6) is 0 Å². The summed E-state index contributed by atoms with van der Waals surface area (Å²) >= 11 is 12.0. The van der Waals surface area contributed by atoms with E-state index < -0.39 is 5.82 Å². The average Bonchev–Trinajstić information content (AvgIpc) is 2.87. The number of hydrogen-bond donors (Lipinski definition) is 0. The summed E-state index contributed by atoms with van der Waals surface area (Å²) in [5.41, 5.74) is 1.78. The summed E-state index contributed by atoms with van der Waals surface area (Å²) in [6.45, 7) is 0. The Balaban J connectivity index is 2.34. The van der Waals surface area contributed by atoms with Gasteiger partial charge >= 0.3 is 0 Å². The Hall–Kier alpha value is -2.09. The zero-order valence-corrected chi connectivity index (χ0v) is 12.2. The van der Waals surface area contributed by atoms with Crippen LogP contribution in [-0.2, 0) is 5.88 Å². The highest BCUT2D eigenvalue weighted by atomic mass is 35.5. The topological polar surface area (TPSA) is 41.6 Å². The number of rotatable bonds is 2. The summed E-state index contributed by atoms with van der Waals surface area (Å²) in [7, 11) is 0. The van der Waals surface area contributed by atoms with Crippen molar-refractivity contribution in [3.05, 3.63) is 58.6 Å². The number of para-hydroxylation sites is 1. The molecule has 6 heteroatoms. The second-order valence-corrected chi connectivity index (χ2v) is 5.06. The van der Waals surface area contributed by atoms with Crippen LogP contribution >= 0.6 is 23.2 Å². The van der Waals surface area contributed by atoms with E-state index in [9.17, 15) is 4.39 Å². The third-order valence-corrected chi connectivity index (χ3v) is 3.69. The number of halogens is 3. The van der Waals surface area contributed by atoms with Gasteiger partial charge in [-0.05, 0) is 30.3 Å². The number of benzene rings is 2. The first-order valence-electron chi connectivity index (χ1n) is 6.07. The molecule has 0 bridgehead atoms. The molecule has 21 heavy (non-hydrogen) atoms. The van der Waals surface area contributed by atoms with Crippen LogP contribution in [-0.4, -0.2) is 9.55 Å². The molecule has 1 aromatic heterocycles. The Morgan fingerprint density at radius 1 is 1.29 bits per heavy atom. The summed E-state index contributed by atoms with van der Waals surface area (Å²) < 4.78 is 15.9. The predicted octanol–water partition coefficient (Wildman–Crippen LogP) is 4.43. The van der Waals surface area contributed by atoms with Crippen LogP contribution < -0.4 is 0 Å². The SMILES string of the molecule is N#Cc1ccc(-n2c(CCl)nc3c(Cl)cccc32)c(F)c1. The highest BCUT2D eigenvalue weighted by Gasteiger charge is 2.16. The molecule has 0 unspecified atom stereocenters. The number of hydrogen-bond acceptors (Lipinski definition) is 2. The minimum atomic E-state index is -0.514. The van der Waals surface area contributed by atoms with E-state index in [0.29, 0.717) is 21.9 Å². The van der Waals surface area contributed by atoms with Crippen molar-refractivity contribution in [2.24, 2.45) is 0 Å². The van der Waals surface area contributed by atoms with Gasteiger partial charge in [0, 0.05) is 0 Å². The molecule has 0 spiro atoms. The molecule has 0 aliphatic carbocycles. The van der Waals surface area contributed by atoms with Gasteiger partial charge in [0.15, 0.2) is 0 Å². The van der Waals surface area contributed by atoms with Crippen LogP contribution in [0.1, 0.15) is 11.4 Å². The van der Waals surface area contributed by atoms with Gasteiger partial charge in [0.1, 0.15) is 17.2 Å². The van der Waals surface area contributed by atoms with Gasteiger partial charge in [-0.15, -0.1) is 11.6 Å². The molecule has 3 nitrogen and oxygen atoms in total. The van der Waals surface area contributed by atoms with E-state index in [1.165, 1.54) is 12.1 Å². The fraction of sp³-hybridized carbons (Fsp3) is 0.0667. The monoisotopic (exact) mass is 319 g/mol. The molecule has 0 aliphatic heterocycles. The number of imidazole rings is 1. The maximum Gasteiger partial charge on any atom is 0.148 e. The van der Waals surface area contributed by atoms with E-state index in [1.807, 2.05) is 6.07 Å². The summed E-state index contributed by atoms with van der Waals surface area (Å²) in [5.74, 6) is 0.0906. The van der Waals surface area contributed by atoms with Crippen LogP contribution in [0.15, 0.2) is 36.4 Å². The molecule has 3 aromatic rings. The van der Waals surface area contributed by atoms with Crippen LogP contribution in [0, 0.1) is 17.1 Å². The van der Waals surface area contributed by atoms with E-state index in [0.717, 1.165) is 0 Å². The minimum Gasteiger partial charge on any atom is -0.292 e. The van der Waals surface area contributed by atoms with Gasteiger partial charge < -0.3 is 0 Å². The van der Waals surface area contributed by atoms with Crippen LogP contribution in [0.3, 0.4) is 0 Å². The Labute approximate surface area is 130 Å². The van der Waals surface area contributed by atoms with Crippen molar-refractivity contribution in [2.75, 3.05) is 0 Å². The lowest BCUT2D eigenvalue weighted by atomic mass is 10.2. The average molecular weight is 320 g/mol. The molecule has 0 atom stereocenters. The summed E-state index contributed by atoms with van der Waals surface area (Å²) in [6, 6.07) is 11.4.